The van der Waals surface area contributed by atoms with Gasteiger partial charge in [-0.25, -0.2) is 4.79 Å². The van der Waals surface area contributed by atoms with Crippen LogP contribution in [0, 0.1) is 0 Å². The van der Waals surface area contributed by atoms with E-state index in [0.717, 1.165) is 5.56 Å². The lowest BCUT2D eigenvalue weighted by molar-refractivity contribution is -0.115. The van der Waals surface area contributed by atoms with E-state index in [0.29, 0.717) is 18.6 Å². The van der Waals surface area contributed by atoms with Crippen LogP contribution in [0.25, 0.3) is 0 Å². The smallest absolute Gasteiger partial charge is 0.338 e. The van der Waals surface area contributed by atoms with Crippen molar-refractivity contribution < 1.29 is 14.3 Å². The first-order valence-electron chi connectivity index (χ1n) is 5.06. The first-order valence-corrected chi connectivity index (χ1v) is 5.69. The van der Waals surface area contributed by atoms with Crippen molar-refractivity contribution in [3.8, 4) is 0 Å². The van der Waals surface area contributed by atoms with Crippen LogP contribution in [0.4, 0.5) is 0 Å². The zero-order chi connectivity index (χ0) is 12.0. The zero-order valence-corrected chi connectivity index (χ0v) is 10.00. The Labute approximate surface area is 100 Å². The number of ketones is 1. The van der Waals surface area contributed by atoms with Crippen LogP contribution in [-0.4, -0.2) is 24.1 Å². The Bertz CT molecular complexity index is 370. The molecule has 0 atom stereocenters. The molecule has 0 amide bonds. The molecule has 4 heteroatoms. The first kappa shape index (κ1) is 12.8. The molecule has 0 fully saturated rings. The van der Waals surface area contributed by atoms with Gasteiger partial charge in [0.25, 0.3) is 0 Å². The van der Waals surface area contributed by atoms with Crippen molar-refractivity contribution in [1.29, 1.82) is 0 Å². The predicted molar refractivity (Wildman–Crippen MR) is 65.0 cm³/mol. The first-order chi connectivity index (χ1) is 7.67. The van der Waals surface area contributed by atoms with Crippen molar-refractivity contribution in [3.63, 3.8) is 0 Å². The lowest BCUT2D eigenvalue weighted by Crippen LogP contribution is -2.06. The third-order valence-electron chi connectivity index (χ3n) is 2.04. The maximum absolute atomic E-state index is 11.3. The number of carbonyl (C=O) groups excluding carboxylic acids is 2. The number of ether oxygens (including phenoxy) is 1. The second-order valence-corrected chi connectivity index (χ2v) is 3.61. The lowest BCUT2D eigenvalue weighted by atomic mass is 10.1. The minimum absolute atomic E-state index is 0.0622. The Hall–Kier alpha value is -1.29. The van der Waals surface area contributed by atoms with E-state index in [2.05, 4.69) is 12.6 Å². The van der Waals surface area contributed by atoms with Crippen molar-refractivity contribution in [3.05, 3.63) is 35.4 Å². The van der Waals surface area contributed by atoms with Gasteiger partial charge in [-0.2, -0.15) is 12.6 Å². The molecule has 0 radical (unpaired) electrons. The molecule has 0 aliphatic heterocycles. The van der Waals surface area contributed by atoms with Gasteiger partial charge in [0, 0.05) is 12.2 Å². The van der Waals surface area contributed by atoms with Crippen molar-refractivity contribution >= 4 is 24.4 Å². The fourth-order valence-electron chi connectivity index (χ4n) is 1.26. The van der Waals surface area contributed by atoms with Crippen molar-refractivity contribution in [2.24, 2.45) is 0 Å². The molecule has 0 aliphatic carbocycles. The molecular formula is C12H14O3S. The maximum Gasteiger partial charge on any atom is 0.338 e. The van der Waals surface area contributed by atoms with Gasteiger partial charge in [0.05, 0.1) is 12.2 Å². The quantitative estimate of drug-likeness (QED) is 0.629. The summed E-state index contributed by atoms with van der Waals surface area (Å²) in [5.74, 6) is -0.0404. The fourth-order valence-corrected chi connectivity index (χ4v) is 1.37. The van der Waals surface area contributed by atoms with E-state index in [1.54, 1.807) is 31.2 Å². The van der Waals surface area contributed by atoms with Crippen LogP contribution < -0.4 is 0 Å². The van der Waals surface area contributed by atoms with Gasteiger partial charge in [0.2, 0.25) is 0 Å². The second-order valence-electron chi connectivity index (χ2n) is 3.29. The Morgan fingerprint density at radius 1 is 1.25 bits per heavy atom. The summed E-state index contributed by atoms with van der Waals surface area (Å²) in [6.07, 6.45) is 0.354. The Morgan fingerprint density at radius 2 is 1.88 bits per heavy atom. The highest BCUT2D eigenvalue weighted by molar-refractivity contribution is 7.81. The highest BCUT2D eigenvalue weighted by atomic mass is 32.1. The molecule has 0 aromatic heterocycles. The van der Waals surface area contributed by atoms with Crippen LogP contribution >= 0.6 is 12.6 Å². The zero-order valence-electron chi connectivity index (χ0n) is 9.10. The van der Waals surface area contributed by atoms with E-state index in [-0.39, 0.29) is 17.5 Å². The van der Waals surface area contributed by atoms with E-state index in [9.17, 15) is 9.59 Å². The average molecular weight is 238 g/mol. The number of Topliss-reactive ketones (excluding diaryl/α,β-unsaturated/α-hetero) is 1. The Kier molecular flexibility index (Phi) is 5.05. The normalized spacial score (nSPS) is 9.88. The molecule has 1 rings (SSSR count). The molecule has 0 N–H and O–H groups in total. The van der Waals surface area contributed by atoms with E-state index >= 15 is 0 Å². The number of thiol groups is 1. The van der Waals surface area contributed by atoms with Crippen LogP contribution in [0.3, 0.4) is 0 Å². The topological polar surface area (TPSA) is 43.4 Å². The fraction of sp³-hybridized carbons (Fsp3) is 0.333. The lowest BCUT2D eigenvalue weighted by Gasteiger charge is -2.03. The molecule has 1 aromatic carbocycles. The highest BCUT2D eigenvalue weighted by Crippen LogP contribution is 2.07. The molecule has 0 aliphatic rings. The third kappa shape index (κ3) is 3.70. The van der Waals surface area contributed by atoms with Gasteiger partial charge in [-0.15, -0.1) is 0 Å². The van der Waals surface area contributed by atoms with E-state index in [4.69, 9.17) is 4.74 Å². The van der Waals surface area contributed by atoms with Crippen LogP contribution in [0.1, 0.15) is 22.8 Å². The Morgan fingerprint density at radius 3 is 2.38 bits per heavy atom. The van der Waals surface area contributed by atoms with Crippen molar-refractivity contribution in [2.75, 3.05) is 12.4 Å². The van der Waals surface area contributed by atoms with Gasteiger partial charge in [-0.05, 0) is 24.6 Å². The standard InChI is InChI=1S/C12H14O3S/c1-2-15-12(14)10-5-3-9(4-6-10)7-11(13)8-16/h3-6,16H,2,7-8H2,1H3. The van der Waals surface area contributed by atoms with Crippen LogP contribution in [0.2, 0.25) is 0 Å². The van der Waals surface area contributed by atoms with Gasteiger partial charge in [0.1, 0.15) is 5.78 Å². The molecule has 0 saturated heterocycles. The molecule has 3 nitrogen and oxygen atoms in total. The number of esters is 1. The summed E-state index contributed by atoms with van der Waals surface area (Å²) >= 11 is 3.90. The summed E-state index contributed by atoms with van der Waals surface area (Å²) in [6.45, 7) is 2.12. The van der Waals surface area contributed by atoms with E-state index in [1.165, 1.54) is 0 Å². The van der Waals surface area contributed by atoms with Gasteiger partial charge in [-0.3, -0.25) is 4.79 Å². The maximum atomic E-state index is 11.3. The largest absolute Gasteiger partial charge is 0.462 e. The molecular weight excluding hydrogens is 224 g/mol. The SMILES string of the molecule is CCOC(=O)c1ccc(CC(=O)CS)cc1. The molecule has 86 valence electrons. The predicted octanol–water partition coefficient (Wildman–Crippen LogP) is 1.90. The van der Waals surface area contributed by atoms with Crippen molar-refractivity contribution in [2.45, 2.75) is 13.3 Å². The summed E-state index contributed by atoms with van der Waals surface area (Å²) in [5.41, 5.74) is 1.39. The van der Waals surface area contributed by atoms with Crippen LogP contribution in [-0.2, 0) is 16.0 Å². The second kappa shape index (κ2) is 6.33. The summed E-state index contributed by atoms with van der Waals surface area (Å²) in [4.78, 5) is 22.5. The number of rotatable bonds is 5. The number of hydrogen-bond donors (Lipinski definition) is 1. The molecule has 0 bridgehead atoms. The van der Waals surface area contributed by atoms with Crippen LogP contribution in [0.5, 0.6) is 0 Å². The summed E-state index contributed by atoms with van der Waals surface area (Å²) in [7, 11) is 0. The number of benzene rings is 1. The molecule has 0 unspecified atom stereocenters. The number of hydrogen-bond acceptors (Lipinski definition) is 4. The van der Waals surface area contributed by atoms with E-state index in [1.807, 2.05) is 0 Å². The summed E-state index contributed by atoms with van der Waals surface area (Å²) in [5, 5.41) is 0. The third-order valence-corrected chi connectivity index (χ3v) is 2.40. The molecule has 0 heterocycles. The van der Waals surface area contributed by atoms with E-state index < -0.39 is 0 Å². The van der Waals surface area contributed by atoms with Crippen LogP contribution in [0.15, 0.2) is 24.3 Å². The minimum Gasteiger partial charge on any atom is -0.462 e. The summed E-state index contributed by atoms with van der Waals surface area (Å²) in [6, 6.07) is 6.85. The molecule has 0 spiro atoms. The van der Waals surface area contributed by atoms with Gasteiger partial charge >= 0.3 is 5.97 Å². The minimum atomic E-state index is -0.338. The highest BCUT2D eigenvalue weighted by Gasteiger charge is 2.06. The Balaban J connectivity index is 2.67. The summed E-state index contributed by atoms with van der Waals surface area (Å²) < 4.78 is 4.85. The van der Waals surface area contributed by atoms with Gasteiger partial charge in [0.15, 0.2) is 0 Å². The molecule has 1 aromatic rings. The molecule has 16 heavy (non-hydrogen) atoms. The average Bonchev–Trinajstić information content (AvgIpc) is 2.30. The van der Waals surface area contributed by atoms with Gasteiger partial charge < -0.3 is 4.74 Å². The van der Waals surface area contributed by atoms with Gasteiger partial charge in [-0.1, -0.05) is 12.1 Å². The number of carbonyl (C=O) groups is 2. The van der Waals surface area contributed by atoms with Crippen molar-refractivity contribution in [1.82, 2.24) is 0 Å². The monoisotopic (exact) mass is 238 g/mol. The molecule has 0 saturated carbocycles.